The second-order valence-corrected chi connectivity index (χ2v) is 4.98. The third-order valence-corrected chi connectivity index (χ3v) is 3.63. The van der Waals surface area contributed by atoms with E-state index in [1.807, 2.05) is 18.0 Å². The van der Waals surface area contributed by atoms with Gasteiger partial charge in [-0.1, -0.05) is 6.92 Å². The lowest BCUT2D eigenvalue weighted by atomic mass is 10.3. The average Bonchev–Trinajstić information content (AvgIpc) is 2.90. The zero-order valence-corrected chi connectivity index (χ0v) is 11.1. The summed E-state index contributed by atoms with van der Waals surface area (Å²) in [6.45, 7) is 7.01. The second-order valence-electron chi connectivity index (χ2n) is 4.04. The number of rotatable bonds is 6. The van der Waals surface area contributed by atoms with Gasteiger partial charge in [-0.2, -0.15) is 0 Å². The molecule has 0 amide bonds. The maximum atomic E-state index is 4.24. The van der Waals surface area contributed by atoms with Crippen molar-refractivity contribution in [3.05, 3.63) is 34.3 Å². The molecule has 0 aliphatic heterocycles. The summed E-state index contributed by atoms with van der Waals surface area (Å²) in [5.41, 5.74) is 4.27. The quantitative estimate of drug-likeness (QED) is 0.855. The fourth-order valence-electron chi connectivity index (χ4n) is 1.74. The van der Waals surface area contributed by atoms with Crippen molar-refractivity contribution in [3.8, 4) is 0 Å². The summed E-state index contributed by atoms with van der Waals surface area (Å²) in [6, 6.07) is 0. The van der Waals surface area contributed by atoms with E-state index in [2.05, 4.69) is 33.7 Å². The maximum absolute atomic E-state index is 4.24. The van der Waals surface area contributed by atoms with Crippen LogP contribution in [-0.4, -0.2) is 14.5 Å². The number of imidazole rings is 1. The van der Waals surface area contributed by atoms with Gasteiger partial charge in [0.1, 0.15) is 0 Å². The highest BCUT2D eigenvalue weighted by atomic mass is 32.1. The smallest absolute Gasteiger partial charge is 0.0948 e. The molecule has 0 aromatic carbocycles. The minimum Gasteiger partial charge on any atom is -0.333 e. The number of hydrogen-bond donors (Lipinski definition) is 1. The molecule has 17 heavy (non-hydrogen) atoms. The molecule has 0 radical (unpaired) electrons. The summed E-state index contributed by atoms with van der Waals surface area (Å²) in [5.74, 6) is 0. The van der Waals surface area contributed by atoms with E-state index in [4.69, 9.17) is 0 Å². The van der Waals surface area contributed by atoms with E-state index in [0.29, 0.717) is 0 Å². The molecule has 4 nitrogen and oxygen atoms in total. The Morgan fingerprint density at radius 3 is 3.00 bits per heavy atom. The van der Waals surface area contributed by atoms with Gasteiger partial charge in [-0.3, -0.25) is 0 Å². The first-order valence-electron chi connectivity index (χ1n) is 5.90. The van der Waals surface area contributed by atoms with Gasteiger partial charge in [0.25, 0.3) is 0 Å². The fraction of sp³-hybridized carbons (Fsp3) is 0.500. The lowest BCUT2D eigenvalue weighted by molar-refractivity contribution is 0.602. The Kier molecular flexibility index (Phi) is 4.28. The van der Waals surface area contributed by atoms with Gasteiger partial charge in [0.2, 0.25) is 0 Å². The summed E-state index contributed by atoms with van der Waals surface area (Å²) in [7, 11) is 0. The molecule has 92 valence electrons. The molecule has 0 saturated carbocycles. The van der Waals surface area contributed by atoms with Crippen molar-refractivity contribution < 1.29 is 0 Å². The zero-order chi connectivity index (χ0) is 12.1. The summed E-state index contributed by atoms with van der Waals surface area (Å²) in [6.07, 6.45) is 4.97. The molecule has 0 atom stereocenters. The van der Waals surface area contributed by atoms with Crippen molar-refractivity contribution >= 4 is 11.3 Å². The van der Waals surface area contributed by atoms with E-state index in [0.717, 1.165) is 31.7 Å². The van der Waals surface area contributed by atoms with Gasteiger partial charge in [-0.25, -0.2) is 9.97 Å². The molecule has 0 aliphatic rings. The molecular weight excluding hydrogens is 232 g/mol. The van der Waals surface area contributed by atoms with Crippen molar-refractivity contribution in [2.75, 3.05) is 0 Å². The van der Waals surface area contributed by atoms with Gasteiger partial charge in [-0.05, 0) is 13.3 Å². The maximum Gasteiger partial charge on any atom is 0.0948 e. The molecule has 0 saturated heterocycles. The van der Waals surface area contributed by atoms with Crippen LogP contribution in [0.5, 0.6) is 0 Å². The van der Waals surface area contributed by atoms with Crippen LogP contribution >= 0.6 is 11.3 Å². The van der Waals surface area contributed by atoms with E-state index in [1.54, 1.807) is 11.3 Å². The van der Waals surface area contributed by atoms with Gasteiger partial charge in [-0.15, -0.1) is 11.3 Å². The summed E-state index contributed by atoms with van der Waals surface area (Å²) >= 11 is 1.71. The van der Waals surface area contributed by atoms with Crippen molar-refractivity contribution in [1.29, 1.82) is 0 Å². The standard InChI is InChI=1S/C12H18N4S/c1-3-4-16-8-14-6-11(16)5-13-7-12-10(2)15-9-17-12/h6,8-9,13H,3-5,7H2,1-2H3. The minimum absolute atomic E-state index is 0.858. The molecule has 0 spiro atoms. The van der Waals surface area contributed by atoms with Gasteiger partial charge < -0.3 is 9.88 Å². The Balaban J connectivity index is 1.86. The Morgan fingerprint density at radius 2 is 2.29 bits per heavy atom. The number of nitrogens with zero attached hydrogens (tertiary/aromatic N) is 3. The van der Waals surface area contributed by atoms with Crippen LogP contribution in [0.2, 0.25) is 0 Å². The molecule has 2 heterocycles. The van der Waals surface area contributed by atoms with E-state index >= 15 is 0 Å². The molecule has 1 N–H and O–H groups in total. The van der Waals surface area contributed by atoms with Gasteiger partial charge in [0, 0.05) is 30.7 Å². The van der Waals surface area contributed by atoms with Gasteiger partial charge >= 0.3 is 0 Å². The molecule has 2 aromatic heterocycles. The van der Waals surface area contributed by atoms with Crippen LogP contribution in [0.25, 0.3) is 0 Å². The van der Waals surface area contributed by atoms with Crippen LogP contribution in [0.15, 0.2) is 18.0 Å². The predicted molar refractivity (Wildman–Crippen MR) is 69.9 cm³/mol. The molecule has 0 bridgehead atoms. The van der Waals surface area contributed by atoms with E-state index in [1.165, 1.54) is 10.6 Å². The predicted octanol–water partition coefficient (Wildman–Crippen LogP) is 2.35. The van der Waals surface area contributed by atoms with Crippen LogP contribution < -0.4 is 5.32 Å². The molecule has 0 fully saturated rings. The van der Waals surface area contributed by atoms with Crippen molar-refractivity contribution in [2.24, 2.45) is 0 Å². The number of nitrogens with one attached hydrogen (secondary N) is 1. The molecule has 0 unspecified atom stereocenters. The fourth-order valence-corrected chi connectivity index (χ4v) is 2.48. The van der Waals surface area contributed by atoms with Crippen LogP contribution in [0.3, 0.4) is 0 Å². The Hall–Kier alpha value is -1.20. The highest BCUT2D eigenvalue weighted by Gasteiger charge is 2.03. The monoisotopic (exact) mass is 250 g/mol. The van der Waals surface area contributed by atoms with Gasteiger partial charge in [0.15, 0.2) is 0 Å². The first-order valence-corrected chi connectivity index (χ1v) is 6.78. The number of hydrogen-bond acceptors (Lipinski definition) is 4. The van der Waals surface area contributed by atoms with Gasteiger partial charge in [0.05, 0.1) is 23.2 Å². The highest BCUT2D eigenvalue weighted by Crippen LogP contribution is 2.11. The van der Waals surface area contributed by atoms with E-state index < -0.39 is 0 Å². The molecule has 0 aliphatic carbocycles. The molecule has 2 aromatic rings. The minimum atomic E-state index is 0.858. The SMILES string of the molecule is CCCn1cncc1CNCc1scnc1C. The Labute approximate surface area is 106 Å². The lowest BCUT2D eigenvalue weighted by Crippen LogP contribution is -2.15. The second kappa shape index (κ2) is 5.93. The summed E-state index contributed by atoms with van der Waals surface area (Å²) in [5, 5.41) is 3.44. The topological polar surface area (TPSA) is 42.7 Å². The van der Waals surface area contributed by atoms with Crippen LogP contribution in [-0.2, 0) is 19.6 Å². The summed E-state index contributed by atoms with van der Waals surface area (Å²) in [4.78, 5) is 9.74. The third-order valence-electron chi connectivity index (χ3n) is 2.70. The van der Waals surface area contributed by atoms with Crippen LogP contribution in [0.1, 0.15) is 29.6 Å². The summed E-state index contributed by atoms with van der Waals surface area (Å²) < 4.78 is 2.20. The lowest BCUT2D eigenvalue weighted by Gasteiger charge is -2.07. The Bertz CT molecular complexity index is 461. The molecular formula is C12H18N4S. The number of aromatic nitrogens is 3. The van der Waals surface area contributed by atoms with Crippen molar-refractivity contribution in [2.45, 2.75) is 39.9 Å². The van der Waals surface area contributed by atoms with E-state index in [-0.39, 0.29) is 0 Å². The van der Waals surface area contributed by atoms with Crippen LogP contribution in [0, 0.1) is 6.92 Å². The average molecular weight is 250 g/mol. The Morgan fingerprint density at radius 1 is 1.41 bits per heavy atom. The first-order chi connectivity index (χ1) is 8.31. The number of thiazole rings is 1. The molecule has 5 heteroatoms. The van der Waals surface area contributed by atoms with Crippen LogP contribution in [0.4, 0.5) is 0 Å². The zero-order valence-electron chi connectivity index (χ0n) is 10.3. The van der Waals surface area contributed by atoms with Crippen molar-refractivity contribution in [3.63, 3.8) is 0 Å². The highest BCUT2D eigenvalue weighted by molar-refractivity contribution is 7.09. The largest absolute Gasteiger partial charge is 0.333 e. The van der Waals surface area contributed by atoms with Crippen molar-refractivity contribution in [1.82, 2.24) is 19.9 Å². The first kappa shape index (κ1) is 12.3. The molecule has 2 rings (SSSR count). The third kappa shape index (κ3) is 3.14. The normalized spacial score (nSPS) is 10.9. The number of aryl methyl sites for hydroxylation is 2. The van der Waals surface area contributed by atoms with E-state index in [9.17, 15) is 0 Å².